The molecule has 3 rings (SSSR count). The van der Waals surface area contributed by atoms with Gasteiger partial charge in [-0.1, -0.05) is 56.6 Å². The molecule has 0 N–H and O–H groups in total. The predicted molar refractivity (Wildman–Crippen MR) is 117 cm³/mol. The molecule has 0 aromatic heterocycles. The highest BCUT2D eigenvalue weighted by atomic mass is 35.5. The molecule has 1 saturated heterocycles. The zero-order valence-electron chi connectivity index (χ0n) is 15.8. The number of hydrogen-bond acceptors (Lipinski definition) is 3. The average Bonchev–Trinajstić information content (AvgIpc) is 2.93. The Hall–Kier alpha value is -2.04. The number of nitrogens with zero attached hydrogens (tertiary/aromatic N) is 2. The standard InChI is InChI=1S/C22H23ClN2OS/c1-4-13-25-21(26)20(14-16-5-7-17(8-6-16)15(2)3)27-22(25)24-19-11-9-18(23)10-12-19/h5-12,14-15H,4,13H2,1-3H3/b20-14-,24-22?. The highest BCUT2D eigenvalue weighted by Gasteiger charge is 2.32. The summed E-state index contributed by atoms with van der Waals surface area (Å²) >= 11 is 7.37. The van der Waals surface area contributed by atoms with E-state index in [0.29, 0.717) is 27.6 Å². The van der Waals surface area contributed by atoms with Crippen LogP contribution in [0.4, 0.5) is 5.69 Å². The summed E-state index contributed by atoms with van der Waals surface area (Å²) in [5, 5.41) is 1.39. The van der Waals surface area contributed by atoms with Crippen molar-refractivity contribution in [3.05, 3.63) is 69.6 Å². The Morgan fingerprint density at radius 3 is 2.37 bits per heavy atom. The molecule has 0 atom stereocenters. The van der Waals surface area contributed by atoms with Crippen molar-refractivity contribution in [3.63, 3.8) is 0 Å². The first kappa shape index (κ1) is 19.7. The van der Waals surface area contributed by atoms with Gasteiger partial charge < -0.3 is 0 Å². The summed E-state index contributed by atoms with van der Waals surface area (Å²) in [7, 11) is 0. The van der Waals surface area contributed by atoms with Gasteiger partial charge in [-0.25, -0.2) is 4.99 Å². The smallest absolute Gasteiger partial charge is 0.266 e. The van der Waals surface area contributed by atoms with Gasteiger partial charge in [0.05, 0.1) is 10.6 Å². The van der Waals surface area contributed by atoms with Crippen LogP contribution in [0, 0.1) is 0 Å². The minimum absolute atomic E-state index is 0.0162. The fraction of sp³-hybridized carbons (Fsp3) is 0.273. The molecule has 140 valence electrons. The Balaban J connectivity index is 1.89. The molecular weight excluding hydrogens is 376 g/mol. The molecule has 1 aliphatic heterocycles. The maximum absolute atomic E-state index is 12.9. The Kier molecular flexibility index (Phi) is 6.40. The lowest BCUT2D eigenvalue weighted by molar-refractivity contribution is -0.122. The van der Waals surface area contributed by atoms with Gasteiger partial charge in [0.15, 0.2) is 5.17 Å². The Morgan fingerprint density at radius 1 is 1.11 bits per heavy atom. The van der Waals surface area contributed by atoms with Crippen LogP contribution in [0.15, 0.2) is 58.4 Å². The number of aliphatic imine (C=N–C) groups is 1. The molecular formula is C22H23ClN2OS. The van der Waals surface area contributed by atoms with Crippen molar-refractivity contribution in [3.8, 4) is 0 Å². The van der Waals surface area contributed by atoms with Crippen LogP contribution in [-0.2, 0) is 4.79 Å². The summed E-state index contributed by atoms with van der Waals surface area (Å²) in [5.41, 5.74) is 3.11. The van der Waals surface area contributed by atoms with Crippen LogP contribution in [0.5, 0.6) is 0 Å². The molecule has 0 saturated carbocycles. The summed E-state index contributed by atoms with van der Waals surface area (Å²) in [4.78, 5) is 20.0. The number of carbonyl (C=O) groups is 1. The molecule has 1 aliphatic rings. The van der Waals surface area contributed by atoms with Crippen LogP contribution in [0.2, 0.25) is 5.02 Å². The largest absolute Gasteiger partial charge is 0.286 e. The van der Waals surface area contributed by atoms with Crippen LogP contribution in [0.1, 0.15) is 44.2 Å². The number of carbonyl (C=O) groups excluding carboxylic acids is 1. The van der Waals surface area contributed by atoms with E-state index < -0.39 is 0 Å². The molecule has 0 bridgehead atoms. The topological polar surface area (TPSA) is 32.7 Å². The zero-order chi connectivity index (χ0) is 19.4. The van der Waals surface area contributed by atoms with E-state index in [-0.39, 0.29) is 5.91 Å². The lowest BCUT2D eigenvalue weighted by Crippen LogP contribution is -2.29. The van der Waals surface area contributed by atoms with Crippen molar-refractivity contribution in [2.24, 2.45) is 4.99 Å². The number of amides is 1. The quantitative estimate of drug-likeness (QED) is 0.540. The third-order valence-electron chi connectivity index (χ3n) is 4.29. The van der Waals surface area contributed by atoms with E-state index in [4.69, 9.17) is 11.6 Å². The van der Waals surface area contributed by atoms with E-state index in [1.165, 1.54) is 17.3 Å². The van der Waals surface area contributed by atoms with Gasteiger partial charge in [0, 0.05) is 11.6 Å². The van der Waals surface area contributed by atoms with E-state index in [9.17, 15) is 4.79 Å². The maximum atomic E-state index is 12.9. The van der Waals surface area contributed by atoms with E-state index in [1.807, 2.05) is 18.2 Å². The van der Waals surface area contributed by atoms with Crippen LogP contribution in [-0.4, -0.2) is 22.5 Å². The highest BCUT2D eigenvalue weighted by Crippen LogP contribution is 2.34. The van der Waals surface area contributed by atoms with Gasteiger partial charge in [-0.15, -0.1) is 0 Å². The van der Waals surface area contributed by atoms with Gasteiger partial charge >= 0.3 is 0 Å². The number of hydrogen-bond donors (Lipinski definition) is 0. The molecule has 1 amide bonds. The molecule has 0 unspecified atom stereocenters. The van der Waals surface area contributed by atoms with E-state index >= 15 is 0 Å². The molecule has 0 aliphatic carbocycles. The third-order valence-corrected chi connectivity index (χ3v) is 5.55. The van der Waals surface area contributed by atoms with Gasteiger partial charge in [-0.05, 0) is 65.6 Å². The summed E-state index contributed by atoms with van der Waals surface area (Å²) in [6.45, 7) is 7.06. The molecule has 2 aromatic rings. The Morgan fingerprint density at radius 2 is 1.78 bits per heavy atom. The number of thioether (sulfide) groups is 1. The maximum Gasteiger partial charge on any atom is 0.266 e. The number of benzene rings is 2. The number of amidine groups is 1. The van der Waals surface area contributed by atoms with Gasteiger partial charge in [-0.2, -0.15) is 0 Å². The van der Waals surface area contributed by atoms with E-state index in [1.54, 1.807) is 17.0 Å². The van der Waals surface area contributed by atoms with Crippen molar-refractivity contribution >= 4 is 46.2 Å². The fourth-order valence-corrected chi connectivity index (χ4v) is 3.92. The minimum Gasteiger partial charge on any atom is -0.286 e. The molecule has 0 radical (unpaired) electrons. The first-order valence-electron chi connectivity index (χ1n) is 9.13. The predicted octanol–water partition coefficient (Wildman–Crippen LogP) is 6.48. The molecule has 1 heterocycles. The van der Waals surface area contributed by atoms with Gasteiger partial charge in [-0.3, -0.25) is 9.69 Å². The summed E-state index contributed by atoms with van der Waals surface area (Å²) < 4.78 is 0. The van der Waals surface area contributed by atoms with Crippen LogP contribution in [0.25, 0.3) is 6.08 Å². The first-order valence-corrected chi connectivity index (χ1v) is 10.3. The van der Waals surface area contributed by atoms with Gasteiger partial charge in [0.25, 0.3) is 5.91 Å². The lowest BCUT2D eigenvalue weighted by atomic mass is 10.0. The van der Waals surface area contributed by atoms with Crippen molar-refractivity contribution < 1.29 is 4.79 Å². The molecule has 3 nitrogen and oxygen atoms in total. The highest BCUT2D eigenvalue weighted by molar-refractivity contribution is 8.18. The molecule has 5 heteroatoms. The normalized spacial score (nSPS) is 17.5. The summed E-state index contributed by atoms with van der Waals surface area (Å²) in [5.74, 6) is 0.509. The second-order valence-corrected chi connectivity index (χ2v) is 8.21. The number of halogens is 1. The van der Waals surface area contributed by atoms with Crippen LogP contribution >= 0.6 is 23.4 Å². The zero-order valence-corrected chi connectivity index (χ0v) is 17.3. The molecule has 2 aromatic carbocycles. The van der Waals surface area contributed by atoms with E-state index in [0.717, 1.165) is 17.7 Å². The van der Waals surface area contributed by atoms with Gasteiger partial charge in [0.2, 0.25) is 0 Å². The second kappa shape index (κ2) is 8.77. The molecule has 1 fully saturated rings. The SMILES string of the molecule is CCCN1C(=O)/C(=C/c2ccc(C(C)C)cc2)SC1=Nc1ccc(Cl)cc1. The Bertz CT molecular complexity index is 870. The van der Waals surface area contributed by atoms with Crippen molar-refractivity contribution in [2.75, 3.05) is 6.54 Å². The second-order valence-electron chi connectivity index (χ2n) is 6.76. The average molecular weight is 399 g/mol. The monoisotopic (exact) mass is 398 g/mol. The summed E-state index contributed by atoms with van der Waals surface area (Å²) in [6, 6.07) is 15.7. The van der Waals surface area contributed by atoms with E-state index in [2.05, 4.69) is 50.0 Å². The molecule has 0 spiro atoms. The Labute approximate surface area is 170 Å². The fourth-order valence-electron chi connectivity index (χ4n) is 2.77. The first-order chi connectivity index (χ1) is 13.0. The van der Waals surface area contributed by atoms with Crippen molar-refractivity contribution in [1.29, 1.82) is 0 Å². The van der Waals surface area contributed by atoms with Crippen LogP contribution in [0.3, 0.4) is 0 Å². The number of rotatable bonds is 5. The summed E-state index contributed by atoms with van der Waals surface area (Å²) in [6.07, 6.45) is 2.83. The molecule has 27 heavy (non-hydrogen) atoms. The van der Waals surface area contributed by atoms with Gasteiger partial charge in [0.1, 0.15) is 0 Å². The van der Waals surface area contributed by atoms with Crippen LogP contribution < -0.4 is 0 Å². The lowest BCUT2D eigenvalue weighted by Gasteiger charge is -2.13. The van der Waals surface area contributed by atoms with Crippen molar-refractivity contribution in [2.45, 2.75) is 33.1 Å². The minimum atomic E-state index is 0.0162. The third kappa shape index (κ3) is 4.82. The van der Waals surface area contributed by atoms with Crippen molar-refractivity contribution in [1.82, 2.24) is 4.90 Å².